The third-order valence-corrected chi connectivity index (χ3v) is 4.27. The number of urea groups is 1. The maximum atomic E-state index is 12.0. The van der Waals surface area contributed by atoms with Gasteiger partial charge in [-0.25, -0.2) is 9.78 Å². The molecule has 0 aliphatic rings. The first-order valence-corrected chi connectivity index (χ1v) is 9.13. The van der Waals surface area contributed by atoms with Crippen LogP contribution in [0.3, 0.4) is 0 Å². The molecule has 2 aromatic carbocycles. The molecular formula is C21H26N4O2. The lowest BCUT2D eigenvalue weighted by Crippen LogP contribution is -2.30. The summed E-state index contributed by atoms with van der Waals surface area (Å²) in [6, 6.07) is 13.5. The van der Waals surface area contributed by atoms with Gasteiger partial charge in [0.25, 0.3) is 0 Å². The Morgan fingerprint density at radius 3 is 2.67 bits per heavy atom. The molecule has 27 heavy (non-hydrogen) atoms. The van der Waals surface area contributed by atoms with E-state index in [0.717, 1.165) is 28.9 Å². The number of nitrogens with one attached hydrogen (secondary N) is 3. The van der Waals surface area contributed by atoms with Crippen LogP contribution < -0.4 is 15.4 Å². The second-order valence-electron chi connectivity index (χ2n) is 7.49. The van der Waals surface area contributed by atoms with Gasteiger partial charge in [0.05, 0.1) is 24.0 Å². The molecule has 0 aliphatic carbocycles. The van der Waals surface area contributed by atoms with Gasteiger partial charge < -0.3 is 20.4 Å². The monoisotopic (exact) mass is 366 g/mol. The Bertz CT molecular complexity index is 894. The number of ether oxygens (including phenoxy) is 1. The molecule has 3 rings (SSSR count). The lowest BCUT2D eigenvalue weighted by Gasteiger charge is -2.19. The molecule has 0 saturated heterocycles. The Morgan fingerprint density at radius 2 is 1.93 bits per heavy atom. The third-order valence-electron chi connectivity index (χ3n) is 4.27. The Hall–Kier alpha value is -3.02. The number of anilines is 1. The Labute approximate surface area is 159 Å². The van der Waals surface area contributed by atoms with Crippen LogP contribution in [0.25, 0.3) is 11.0 Å². The quantitative estimate of drug-likeness (QED) is 0.564. The molecule has 3 aromatic rings. The first-order chi connectivity index (χ1) is 12.9. The van der Waals surface area contributed by atoms with E-state index in [0.29, 0.717) is 13.2 Å². The van der Waals surface area contributed by atoms with E-state index < -0.39 is 0 Å². The summed E-state index contributed by atoms with van der Waals surface area (Å²) >= 11 is 0. The highest BCUT2D eigenvalue weighted by atomic mass is 16.5. The van der Waals surface area contributed by atoms with Crippen LogP contribution in [-0.4, -0.2) is 29.2 Å². The van der Waals surface area contributed by atoms with Gasteiger partial charge in [-0.2, -0.15) is 0 Å². The van der Waals surface area contributed by atoms with E-state index in [9.17, 15) is 4.79 Å². The number of carbonyl (C=O) groups is 1. The number of hydrogen-bond donors (Lipinski definition) is 3. The number of amides is 2. The van der Waals surface area contributed by atoms with Gasteiger partial charge in [-0.15, -0.1) is 0 Å². The lowest BCUT2D eigenvalue weighted by atomic mass is 9.87. The Morgan fingerprint density at radius 1 is 1.15 bits per heavy atom. The highest BCUT2D eigenvalue weighted by Gasteiger charge is 2.12. The average Bonchev–Trinajstić information content (AvgIpc) is 3.09. The van der Waals surface area contributed by atoms with Gasteiger partial charge in [0.15, 0.2) is 0 Å². The van der Waals surface area contributed by atoms with Crippen molar-refractivity contribution in [2.24, 2.45) is 0 Å². The topological polar surface area (TPSA) is 79.0 Å². The van der Waals surface area contributed by atoms with Gasteiger partial charge >= 0.3 is 6.03 Å². The largest absolute Gasteiger partial charge is 0.494 e. The minimum atomic E-state index is -0.233. The van der Waals surface area contributed by atoms with Crippen LogP contribution in [0.5, 0.6) is 5.75 Å². The first-order valence-electron chi connectivity index (χ1n) is 9.13. The van der Waals surface area contributed by atoms with Gasteiger partial charge in [-0.3, -0.25) is 0 Å². The second kappa shape index (κ2) is 8.12. The van der Waals surface area contributed by atoms with Crippen LogP contribution in [0.4, 0.5) is 10.5 Å². The van der Waals surface area contributed by atoms with E-state index in [4.69, 9.17) is 4.74 Å². The number of aromatic nitrogens is 2. The molecule has 2 amide bonds. The van der Waals surface area contributed by atoms with Crippen LogP contribution in [-0.2, 0) is 5.41 Å². The molecular weight excluding hydrogens is 340 g/mol. The summed E-state index contributed by atoms with van der Waals surface area (Å²) in [7, 11) is 0. The van der Waals surface area contributed by atoms with Crippen molar-refractivity contribution in [2.75, 3.05) is 18.5 Å². The number of H-pyrrole nitrogens is 1. The van der Waals surface area contributed by atoms with Gasteiger partial charge in [0.1, 0.15) is 5.75 Å². The normalized spacial score (nSPS) is 11.4. The van der Waals surface area contributed by atoms with Crippen molar-refractivity contribution in [3.63, 3.8) is 0 Å². The molecule has 1 heterocycles. The fraction of sp³-hybridized carbons (Fsp3) is 0.333. The standard InChI is InChI=1S/C21H26N4O2/c1-21(2,3)15-5-8-17(9-6-15)27-12-4-11-22-20(26)25-16-7-10-18-19(13-16)24-14-23-18/h5-10,13-14H,4,11-12H2,1-3H3,(H,23,24)(H2,22,25,26). The molecule has 1 aromatic heterocycles. The number of hydrogen-bond acceptors (Lipinski definition) is 3. The smallest absolute Gasteiger partial charge is 0.319 e. The summed E-state index contributed by atoms with van der Waals surface area (Å²) in [5.41, 5.74) is 3.89. The molecule has 0 fully saturated rings. The fourth-order valence-corrected chi connectivity index (χ4v) is 2.70. The highest BCUT2D eigenvalue weighted by molar-refractivity contribution is 5.91. The van der Waals surface area contributed by atoms with Crippen LogP contribution in [0.15, 0.2) is 48.8 Å². The number of benzene rings is 2. The molecule has 0 atom stereocenters. The number of aromatic amines is 1. The van der Waals surface area contributed by atoms with Crippen LogP contribution >= 0.6 is 0 Å². The molecule has 0 saturated carbocycles. The van der Waals surface area contributed by atoms with E-state index in [1.54, 1.807) is 6.33 Å². The van der Waals surface area contributed by atoms with Crippen molar-refractivity contribution in [3.05, 3.63) is 54.4 Å². The molecule has 0 radical (unpaired) electrons. The van der Waals surface area contributed by atoms with Crippen LogP contribution in [0, 0.1) is 0 Å². The minimum absolute atomic E-state index is 0.137. The van der Waals surface area contributed by atoms with Gasteiger partial charge in [-0.05, 0) is 47.7 Å². The van der Waals surface area contributed by atoms with Crippen molar-refractivity contribution in [1.82, 2.24) is 15.3 Å². The molecule has 6 heteroatoms. The van der Waals surface area contributed by atoms with Gasteiger partial charge in [0.2, 0.25) is 0 Å². The predicted octanol–water partition coefficient (Wildman–Crippen LogP) is 4.45. The summed E-state index contributed by atoms with van der Waals surface area (Å²) < 4.78 is 5.73. The zero-order valence-corrected chi connectivity index (χ0v) is 16.0. The molecule has 6 nitrogen and oxygen atoms in total. The van der Waals surface area contributed by atoms with Crippen molar-refractivity contribution in [1.29, 1.82) is 0 Å². The van der Waals surface area contributed by atoms with E-state index in [1.807, 2.05) is 30.3 Å². The van der Waals surface area contributed by atoms with Crippen LogP contribution in [0.2, 0.25) is 0 Å². The van der Waals surface area contributed by atoms with Crippen molar-refractivity contribution in [2.45, 2.75) is 32.6 Å². The van der Waals surface area contributed by atoms with Crippen molar-refractivity contribution < 1.29 is 9.53 Å². The zero-order valence-electron chi connectivity index (χ0n) is 16.0. The maximum absolute atomic E-state index is 12.0. The maximum Gasteiger partial charge on any atom is 0.319 e. The van der Waals surface area contributed by atoms with E-state index in [-0.39, 0.29) is 11.4 Å². The number of rotatable bonds is 6. The second-order valence-corrected chi connectivity index (χ2v) is 7.49. The zero-order chi connectivity index (χ0) is 19.3. The predicted molar refractivity (Wildman–Crippen MR) is 108 cm³/mol. The molecule has 0 spiro atoms. The molecule has 3 N–H and O–H groups in total. The average molecular weight is 366 g/mol. The molecule has 0 aliphatic heterocycles. The highest BCUT2D eigenvalue weighted by Crippen LogP contribution is 2.24. The van der Waals surface area contributed by atoms with Crippen LogP contribution in [0.1, 0.15) is 32.8 Å². The fourth-order valence-electron chi connectivity index (χ4n) is 2.70. The summed E-state index contributed by atoms with van der Waals surface area (Å²) in [4.78, 5) is 19.1. The molecule has 142 valence electrons. The van der Waals surface area contributed by atoms with E-state index >= 15 is 0 Å². The number of imidazole rings is 1. The molecule has 0 bridgehead atoms. The number of carbonyl (C=O) groups excluding carboxylic acids is 1. The summed E-state index contributed by atoms with van der Waals surface area (Å²) in [5.74, 6) is 0.848. The Balaban J connectivity index is 1.36. The van der Waals surface area contributed by atoms with E-state index in [2.05, 4.69) is 53.5 Å². The summed E-state index contributed by atoms with van der Waals surface area (Å²) in [6.45, 7) is 7.65. The van der Waals surface area contributed by atoms with Crippen molar-refractivity contribution in [3.8, 4) is 5.75 Å². The lowest BCUT2D eigenvalue weighted by molar-refractivity contribution is 0.250. The summed E-state index contributed by atoms with van der Waals surface area (Å²) in [5, 5.41) is 5.65. The van der Waals surface area contributed by atoms with Gasteiger partial charge in [0, 0.05) is 12.2 Å². The third kappa shape index (κ3) is 5.23. The minimum Gasteiger partial charge on any atom is -0.494 e. The Kier molecular flexibility index (Phi) is 5.64. The van der Waals surface area contributed by atoms with E-state index in [1.165, 1.54) is 5.56 Å². The first kappa shape index (κ1) is 18.8. The number of fused-ring (bicyclic) bond motifs is 1. The van der Waals surface area contributed by atoms with Gasteiger partial charge in [-0.1, -0.05) is 32.9 Å². The SMILES string of the molecule is CC(C)(C)c1ccc(OCCCNC(=O)Nc2ccc3nc[nH]c3c2)cc1. The summed E-state index contributed by atoms with van der Waals surface area (Å²) in [6.07, 6.45) is 2.36. The van der Waals surface area contributed by atoms with Crippen molar-refractivity contribution >= 4 is 22.8 Å². The molecule has 0 unspecified atom stereocenters. The number of nitrogens with zero attached hydrogens (tertiary/aromatic N) is 1.